The molecule has 2 fully saturated rings. The van der Waals surface area contributed by atoms with E-state index in [0.717, 1.165) is 36.0 Å². The molecule has 0 bridgehead atoms. The van der Waals surface area contributed by atoms with Gasteiger partial charge in [0.2, 0.25) is 11.5 Å². The molecule has 1 N–H and O–H groups in total. The molecular weight excluding hydrogens is 373 g/mol. The Morgan fingerprint density at radius 1 is 1.31 bits per heavy atom. The highest BCUT2D eigenvalue weighted by atomic mass is 19.1. The maximum Gasteiger partial charge on any atom is 0.291 e. The van der Waals surface area contributed by atoms with Gasteiger partial charge in [0, 0.05) is 30.7 Å². The number of aromatic nitrogens is 3. The monoisotopic (exact) mass is 395 g/mol. The van der Waals surface area contributed by atoms with Gasteiger partial charge >= 0.3 is 0 Å². The van der Waals surface area contributed by atoms with Crippen molar-refractivity contribution < 1.29 is 13.6 Å². The van der Waals surface area contributed by atoms with E-state index in [1.54, 1.807) is 11.1 Å². The van der Waals surface area contributed by atoms with Crippen molar-refractivity contribution >= 4 is 22.8 Å². The van der Waals surface area contributed by atoms with Crippen LogP contribution >= 0.6 is 0 Å². The molecule has 1 aliphatic heterocycles. The van der Waals surface area contributed by atoms with Crippen LogP contribution in [0.15, 0.2) is 28.9 Å². The minimum absolute atomic E-state index is 0.00982. The summed E-state index contributed by atoms with van der Waals surface area (Å²) in [4.78, 5) is 27.7. The third-order valence-corrected chi connectivity index (χ3v) is 5.80. The van der Waals surface area contributed by atoms with Crippen LogP contribution in [0.4, 0.5) is 10.2 Å². The summed E-state index contributed by atoms with van der Waals surface area (Å²) in [5.74, 6) is 0.940. The summed E-state index contributed by atoms with van der Waals surface area (Å²) in [7, 11) is 0. The first-order chi connectivity index (χ1) is 13.9. The SMILES string of the molecule is Cc1cc2c(NC3(C)CC3)nc(C(=O)N3CCC(c4cncc(F)c4)C3)nc2o1. The summed E-state index contributed by atoms with van der Waals surface area (Å²) in [5.41, 5.74) is 1.23. The third kappa shape index (κ3) is 3.43. The van der Waals surface area contributed by atoms with Crippen LogP contribution in [-0.4, -0.2) is 44.4 Å². The molecule has 1 amide bonds. The Morgan fingerprint density at radius 3 is 2.90 bits per heavy atom. The van der Waals surface area contributed by atoms with Gasteiger partial charge in [0.25, 0.3) is 5.91 Å². The Balaban J connectivity index is 1.42. The number of carbonyl (C=O) groups is 1. The van der Waals surface area contributed by atoms with Crippen molar-refractivity contribution in [1.82, 2.24) is 19.9 Å². The van der Waals surface area contributed by atoms with Gasteiger partial charge in [-0.1, -0.05) is 0 Å². The van der Waals surface area contributed by atoms with E-state index < -0.39 is 0 Å². The first-order valence-electron chi connectivity index (χ1n) is 9.86. The van der Waals surface area contributed by atoms with Gasteiger partial charge in [-0.2, -0.15) is 4.98 Å². The highest BCUT2D eigenvalue weighted by Gasteiger charge is 2.38. The van der Waals surface area contributed by atoms with Crippen LogP contribution in [0.25, 0.3) is 11.1 Å². The quantitative estimate of drug-likeness (QED) is 0.726. The number of aryl methyl sites for hydroxylation is 1. The Labute approximate surface area is 167 Å². The number of carbonyl (C=O) groups excluding carboxylic acids is 1. The number of hydrogen-bond donors (Lipinski definition) is 1. The van der Waals surface area contributed by atoms with Crippen LogP contribution in [0.1, 0.15) is 54.0 Å². The zero-order valence-electron chi connectivity index (χ0n) is 16.4. The Bertz CT molecular complexity index is 1110. The number of rotatable bonds is 4. The van der Waals surface area contributed by atoms with Crippen LogP contribution in [0, 0.1) is 12.7 Å². The zero-order valence-corrected chi connectivity index (χ0v) is 16.4. The maximum atomic E-state index is 13.5. The first kappa shape index (κ1) is 18.0. The summed E-state index contributed by atoms with van der Waals surface area (Å²) >= 11 is 0. The molecule has 1 unspecified atom stereocenters. The molecule has 1 saturated carbocycles. The summed E-state index contributed by atoms with van der Waals surface area (Å²) in [6, 6.07) is 3.37. The van der Waals surface area contributed by atoms with Crippen LogP contribution in [-0.2, 0) is 0 Å². The summed E-state index contributed by atoms with van der Waals surface area (Å²) < 4.78 is 19.2. The largest absolute Gasteiger partial charge is 0.443 e. The Morgan fingerprint density at radius 2 is 2.14 bits per heavy atom. The van der Waals surface area contributed by atoms with Gasteiger partial charge in [0.05, 0.1) is 11.6 Å². The van der Waals surface area contributed by atoms with Crippen molar-refractivity contribution in [3.05, 3.63) is 47.5 Å². The molecule has 1 aliphatic carbocycles. The number of anilines is 1. The molecule has 7 nitrogen and oxygen atoms in total. The number of amides is 1. The molecule has 3 aromatic heterocycles. The fourth-order valence-corrected chi connectivity index (χ4v) is 3.84. The molecule has 1 atom stereocenters. The van der Waals surface area contributed by atoms with Gasteiger partial charge < -0.3 is 14.6 Å². The van der Waals surface area contributed by atoms with E-state index in [1.807, 2.05) is 13.0 Å². The minimum Gasteiger partial charge on any atom is -0.443 e. The van der Waals surface area contributed by atoms with Crippen molar-refractivity contribution in [2.75, 3.05) is 18.4 Å². The lowest BCUT2D eigenvalue weighted by atomic mass is 10.0. The van der Waals surface area contributed by atoms with Crippen molar-refractivity contribution in [2.45, 2.75) is 44.6 Å². The maximum absolute atomic E-state index is 13.5. The van der Waals surface area contributed by atoms with E-state index in [9.17, 15) is 9.18 Å². The van der Waals surface area contributed by atoms with Gasteiger partial charge in [-0.3, -0.25) is 9.78 Å². The zero-order chi connectivity index (χ0) is 20.2. The number of fused-ring (bicyclic) bond motifs is 1. The second-order valence-electron chi connectivity index (χ2n) is 8.33. The normalized spacial score (nSPS) is 20.2. The smallest absolute Gasteiger partial charge is 0.291 e. The average Bonchev–Trinajstić information content (AvgIpc) is 3.09. The number of halogens is 1. The third-order valence-electron chi connectivity index (χ3n) is 5.80. The molecule has 2 aliphatic rings. The number of furan rings is 1. The van der Waals surface area contributed by atoms with Gasteiger partial charge in [-0.05, 0) is 50.8 Å². The molecule has 150 valence electrons. The van der Waals surface area contributed by atoms with E-state index in [1.165, 1.54) is 12.3 Å². The summed E-state index contributed by atoms with van der Waals surface area (Å²) in [5, 5.41) is 4.23. The number of nitrogens with one attached hydrogen (secondary N) is 1. The predicted molar refractivity (Wildman–Crippen MR) is 105 cm³/mol. The highest BCUT2D eigenvalue weighted by molar-refractivity contribution is 5.95. The molecule has 29 heavy (non-hydrogen) atoms. The van der Waals surface area contributed by atoms with Crippen molar-refractivity contribution in [2.24, 2.45) is 0 Å². The topological polar surface area (TPSA) is 84.2 Å². The molecule has 5 rings (SSSR count). The summed E-state index contributed by atoms with van der Waals surface area (Å²) in [6.07, 6.45) is 5.73. The van der Waals surface area contributed by atoms with Crippen LogP contribution in [0.2, 0.25) is 0 Å². The van der Waals surface area contributed by atoms with E-state index >= 15 is 0 Å². The molecule has 0 radical (unpaired) electrons. The standard InChI is InChI=1S/C21H22FN5O2/c1-12-7-16-17(26-21(2)4-5-21)24-18(25-19(16)29-12)20(28)27-6-3-13(11-27)14-8-15(22)10-23-9-14/h7-10,13H,3-6,11H2,1-2H3,(H,24,25,26). The minimum atomic E-state index is -0.362. The predicted octanol–water partition coefficient (Wildman–Crippen LogP) is 3.66. The number of likely N-dealkylation sites (tertiary alicyclic amines) is 1. The second kappa shape index (κ2) is 6.50. The van der Waals surface area contributed by atoms with Crippen LogP contribution in [0.5, 0.6) is 0 Å². The summed E-state index contributed by atoms with van der Waals surface area (Å²) in [6.45, 7) is 5.04. The molecule has 8 heteroatoms. The Hall–Kier alpha value is -3.03. The molecule has 4 heterocycles. The second-order valence-corrected chi connectivity index (χ2v) is 8.33. The van der Waals surface area contributed by atoms with E-state index in [4.69, 9.17) is 4.42 Å². The molecule has 3 aromatic rings. The number of pyridine rings is 1. The lowest BCUT2D eigenvalue weighted by molar-refractivity contribution is 0.0779. The molecule has 0 spiro atoms. The van der Waals surface area contributed by atoms with Gasteiger partial charge in [-0.15, -0.1) is 0 Å². The van der Waals surface area contributed by atoms with E-state index in [0.29, 0.717) is 24.6 Å². The molecule has 1 saturated heterocycles. The van der Waals surface area contributed by atoms with Gasteiger partial charge in [-0.25, -0.2) is 9.37 Å². The van der Waals surface area contributed by atoms with Crippen molar-refractivity contribution in [3.63, 3.8) is 0 Å². The number of nitrogens with zero attached hydrogens (tertiary/aromatic N) is 4. The molecule has 0 aromatic carbocycles. The molecular formula is C21H22FN5O2. The van der Waals surface area contributed by atoms with Gasteiger partial charge in [0.15, 0.2) is 0 Å². The highest BCUT2D eigenvalue weighted by Crippen LogP contribution is 2.39. The van der Waals surface area contributed by atoms with Crippen molar-refractivity contribution in [3.8, 4) is 0 Å². The lowest BCUT2D eigenvalue weighted by Gasteiger charge is -2.17. The Kier molecular flexibility index (Phi) is 4.04. The lowest BCUT2D eigenvalue weighted by Crippen LogP contribution is -2.30. The van der Waals surface area contributed by atoms with E-state index in [2.05, 4.69) is 27.2 Å². The van der Waals surface area contributed by atoms with Crippen LogP contribution in [0.3, 0.4) is 0 Å². The van der Waals surface area contributed by atoms with E-state index in [-0.39, 0.29) is 29.0 Å². The fourth-order valence-electron chi connectivity index (χ4n) is 3.84. The van der Waals surface area contributed by atoms with Gasteiger partial charge in [0.1, 0.15) is 17.4 Å². The first-order valence-corrected chi connectivity index (χ1v) is 9.86. The van der Waals surface area contributed by atoms with Crippen molar-refractivity contribution in [1.29, 1.82) is 0 Å². The fraction of sp³-hybridized carbons (Fsp3) is 0.429. The van der Waals surface area contributed by atoms with Crippen LogP contribution < -0.4 is 5.32 Å². The average molecular weight is 395 g/mol. The number of hydrogen-bond acceptors (Lipinski definition) is 6.